The molecule has 4 nitrogen and oxygen atoms in total. The summed E-state index contributed by atoms with van der Waals surface area (Å²) in [5.41, 5.74) is 3.35. The van der Waals surface area contributed by atoms with Gasteiger partial charge in [0, 0.05) is 23.2 Å². The van der Waals surface area contributed by atoms with Gasteiger partial charge in [-0.3, -0.25) is 9.20 Å². The smallest absolute Gasteiger partial charge is 0.262 e. The van der Waals surface area contributed by atoms with Crippen molar-refractivity contribution in [2.45, 2.75) is 30.0 Å². The number of nitrogens with zero attached hydrogens (tertiary/aromatic N) is 2. The molecule has 5 heteroatoms. The molecule has 0 saturated carbocycles. The van der Waals surface area contributed by atoms with Gasteiger partial charge in [0.1, 0.15) is 5.03 Å². The number of thioether (sulfide) groups is 1. The maximum Gasteiger partial charge on any atom is 0.262 e. The predicted molar refractivity (Wildman–Crippen MR) is 83.8 cm³/mol. The van der Waals surface area contributed by atoms with Crippen molar-refractivity contribution in [2.75, 3.05) is 0 Å². The lowest BCUT2D eigenvalue weighted by Gasteiger charge is -1.99. The summed E-state index contributed by atoms with van der Waals surface area (Å²) >= 11 is 1.65. The highest BCUT2D eigenvalue weighted by Gasteiger charge is 2.18. The molecule has 0 bridgehead atoms. The quantitative estimate of drug-likeness (QED) is 0.756. The Labute approximate surface area is 126 Å². The van der Waals surface area contributed by atoms with E-state index >= 15 is 0 Å². The van der Waals surface area contributed by atoms with Gasteiger partial charge in [-0.15, -0.1) is 11.8 Å². The van der Waals surface area contributed by atoms with E-state index in [-0.39, 0.29) is 5.56 Å². The van der Waals surface area contributed by atoms with Gasteiger partial charge in [0.15, 0.2) is 0 Å². The predicted octanol–water partition coefficient (Wildman–Crippen LogP) is 2.80. The lowest BCUT2D eigenvalue weighted by molar-refractivity contribution is 0.898. The van der Waals surface area contributed by atoms with Crippen molar-refractivity contribution in [1.29, 1.82) is 0 Å². The average molecular weight is 297 g/mol. The summed E-state index contributed by atoms with van der Waals surface area (Å²) in [6.45, 7) is 0. The largest absolute Gasteiger partial charge is 0.328 e. The van der Waals surface area contributed by atoms with Crippen LogP contribution in [0.4, 0.5) is 0 Å². The van der Waals surface area contributed by atoms with E-state index in [0.717, 1.165) is 41.3 Å². The molecule has 0 saturated heterocycles. The second kappa shape index (κ2) is 5.07. The molecule has 106 valence electrons. The molecular weight excluding hydrogens is 282 g/mol. The van der Waals surface area contributed by atoms with Crippen LogP contribution in [0.1, 0.15) is 23.2 Å². The molecule has 3 aromatic rings. The van der Waals surface area contributed by atoms with Gasteiger partial charge in [0.25, 0.3) is 5.56 Å². The number of imidazole rings is 1. The van der Waals surface area contributed by atoms with Crippen LogP contribution < -0.4 is 5.56 Å². The molecule has 0 radical (unpaired) electrons. The van der Waals surface area contributed by atoms with Crippen LogP contribution in [-0.4, -0.2) is 14.4 Å². The summed E-state index contributed by atoms with van der Waals surface area (Å²) in [4.78, 5) is 20.2. The van der Waals surface area contributed by atoms with Gasteiger partial charge >= 0.3 is 0 Å². The molecule has 1 N–H and O–H groups in total. The molecule has 0 aliphatic heterocycles. The molecule has 1 aromatic carbocycles. The first-order valence-electron chi connectivity index (χ1n) is 7.11. The standard InChI is InChI=1S/C16H15N3OS/c20-15-12-7-4-8-13(12)17-16-18-14(9-19(15)16)21-10-11-5-2-1-3-6-11/h1-3,5-6,9H,4,7-8,10H2,(H,17,18). The zero-order valence-corrected chi connectivity index (χ0v) is 12.3. The number of aromatic amines is 1. The first kappa shape index (κ1) is 12.7. The van der Waals surface area contributed by atoms with Crippen LogP contribution in [0.25, 0.3) is 5.78 Å². The lowest BCUT2D eigenvalue weighted by Crippen LogP contribution is -2.18. The number of benzene rings is 1. The highest BCUT2D eigenvalue weighted by Crippen LogP contribution is 2.23. The Hall–Kier alpha value is -2.01. The maximum absolute atomic E-state index is 12.4. The molecular formula is C16H15N3OS. The number of hydrogen-bond acceptors (Lipinski definition) is 3. The number of H-pyrrole nitrogens is 1. The zero-order chi connectivity index (χ0) is 14.2. The van der Waals surface area contributed by atoms with Crippen LogP contribution in [0.15, 0.2) is 46.3 Å². The van der Waals surface area contributed by atoms with E-state index in [9.17, 15) is 4.79 Å². The fraction of sp³-hybridized carbons (Fsp3) is 0.250. The molecule has 4 rings (SSSR count). The number of fused-ring (bicyclic) bond motifs is 2. The molecule has 1 aliphatic carbocycles. The van der Waals surface area contributed by atoms with E-state index in [1.807, 2.05) is 24.4 Å². The average Bonchev–Trinajstić information content (AvgIpc) is 3.13. The van der Waals surface area contributed by atoms with Crippen molar-refractivity contribution >= 4 is 17.5 Å². The fourth-order valence-corrected chi connectivity index (χ4v) is 3.64. The topological polar surface area (TPSA) is 50.2 Å². The summed E-state index contributed by atoms with van der Waals surface area (Å²) in [5.74, 6) is 1.52. The fourth-order valence-electron chi connectivity index (χ4n) is 2.80. The van der Waals surface area contributed by atoms with Crippen molar-refractivity contribution in [3.05, 3.63) is 63.7 Å². The Morgan fingerprint density at radius 2 is 2.10 bits per heavy atom. The maximum atomic E-state index is 12.4. The first-order valence-corrected chi connectivity index (χ1v) is 8.10. The van der Waals surface area contributed by atoms with Gasteiger partial charge in [-0.2, -0.15) is 0 Å². The molecule has 0 atom stereocenters. The minimum Gasteiger partial charge on any atom is -0.328 e. The minimum atomic E-state index is 0.0929. The molecule has 1 aliphatic rings. The SMILES string of the molecule is O=c1c2c([nH]c3nc(SCc4ccccc4)cn13)CCC2. The molecule has 21 heavy (non-hydrogen) atoms. The third-order valence-corrected chi connectivity index (χ3v) is 4.84. The lowest BCUT2D eigenvalue weighted by atomic mass is 10.2. The summed E-state index contributed by atoms with van der Waals surface area (Å²) in [6.07, 6.45) is 4.75. The van der Waals surface area contributed by atoms with Gasteiger partial charge in [-0.1, -0.05) is 30.3 Å². The Morgan fingerprint density at radius 1 is 1.24 bits per heavy atom. The van der Waals surface area contributed by atoms with Crippen LogP contribution in [0, 0.1) is 0 Å². The third kappa shape index (κ3) is 2.27. The van der Waals surface area contributed by atoms with E-state index in [4.69, 9.17) is 0 Å². The highest BCUT2D eigenvalue weighted by molar-refractivity contribution is 7.98. The van der Waals surface area contributed by atoms with Crippen molar-refractivity contribution in [3.63, 3.8) is 0 Å². The Bertz CT molecular complexity index is 851. The number of nitrogens with one attached hydrogen (secondary N) is 1. The van der Waals surface area contributed by atoms with Gasteiger partial charge in [0.05, 0.1) is 0 Å². The number of aryl methyl sites for hydroxylation is 1. The highest BCUT2D eigenvalue weighted by atomic mass is 32.2. The van der Waals surface area contributed by atoms with E-state index in [1.54, 1.807) is 16.2 Å². The third-order valence-electron chi connectivity index (χ3n) is 3.87. The zero-order valence-electron chi connectivity index (χ0n) is 11.5. The molecule has 2 heterocycles. The summed E-state index contributed by atoms with van der Waals surface area (Å²) in [5, 5.41) is 0.885. The molecule has 2 aromatic heterocycles. The van der Waals surface area contributed by atoms with E-state index in [0.29, 0.717) is 5.78 Å². The van der Waals surface area contributed by atoms with Crippen LogP contribution in [0.5, 0.6) is 0 Å². The van der Waals surface area contributed by atoms with Gasteiger partial charge < -0.3 is 4.98 Å². The van der Waals surface area contributed by atoms with Crippen LogP contribution >= 0.6 is 11.8 Å². The summed E-state index contributed by atoms with van der Waals surface area (Å²) in [6, 6.07) is 10.3. The normalized spacial score (nSPS) is 13.7. The van der Waals surface area contributed by atoms with Crippen molar-refractivity contribution < 1.29 is 0 Å². The number of hydrogen-bond donors (Lipinski definition) is 1. The van der Waals surface area contributed by atoms with Gasteiger partial charge in [-0.05, 0) is 24.8 Å². The van der Waals surface area contributed by atoms with Crippen LogP contribution in [0.2, 0.25) is 0 Å². The van der Waals surface area contributed by atoms with Crippen molar-refractivity contribution in [1.82, 2.24) is 14.4 Å². The monoisotopic (exact) mass is 297 g/mol. The van der Waals surface area contributed by atoms with Crippen molar-refractivity contribution in [2.24, 2.45) is 0 Å². The summed E-state index contributed by atoms with van der Waals surface area (Å²) < 4.78 is 1.65. The Kier molecular flexibility index (Phi) is 3.07. The first-order chi connectivity index (χ1) is 10.3. The van der Waals surface area contributed by atoms with Crippen LogP contribution in [0.3, 0.4) is 0 Å². The molecule has 0 unspecified atom stereocenters. The van der Waals surface area contributed by atoms with E-state index in [1.165, 1.54) is 5.56 Å². The second-order valence-corrected chi connectivity index (χ2v) is 6.28. The Balaban J connectivity index is 1.65. The minimum absolute atomic E-state index is 0.0929. The molecule has 0 fully saturated rings. The van der Waals surface area contributed by atoms with Crippen LogP contribution in [-0.2, 0) is 18.6 Å². The molecule has 0 spiro atoms. The van der Waals surface area contributed by atoms with Crippen molar-refractivity contribution in [3.8, 4) is 0 Å². The van der Waals surface area contributed by atoms with E-state index < -0.39 is 0 Å². The van der Waals surface area contributed by atoms with Gasteiger partial charge in [0.2, 0.25) is 5.78 Å². The number of aromatic nitrogens is 3. The molecule has 0 amide bonds. The Morgan fingerprint density at radius 3 is 2.95 bits per heavy atom. The number of rotatable bonds is 3. The van der Waals surface area contributed by atoms with Gasteiger partial charge in [-0.25, -0.2) is 4.98 Å². The van der Waals surface area contributed by atoms with E-state index in [2.05, 4.69) is 22.1 Å². The second-order valence-electron chi connectivity index (χ2n) is 5.29. The summed E-state index contributed by atoms with van der Waals surface area (Å²) in [7, 11) is 0.